The van der Waals surface area contributed by atoms with Crippen molar-refractivity contribution in [3.8, 4) is 45.6 Å². The number of carbonyl (C=O) groups excluding carboxylic acids is 2. The minimum Gasteiger partial charge on any atom is -0.508 e. The summed E-state index contributed by atoms with van der Waals surface area (Å²) in [4.78, 5) is 25.5. The maximum atomic E-state index is 12.8. The third-order valence-corrected chi connectivity index (χ3v) is 6.24. The maximum Gasteiger partial charge on any atom is 0.235 e. The van der Waals surface area contributed by atoms with Crippen LogP contribution in [-0.2, 0) is 0 Å². The van der Waals surface area contributed by atoms with Gasteiger partial charge in [0.25, 0.3) is 0 Å². The number of hydrogen-bond acceptors (Lipinski definition) is 8. The number of benzene rings is 4. The molecule has 6 rings (SSSR count). The van der Waals surface area contributed by atoms with Crippen LogP contribution in [0.2, 0.25) is 0 Å². The largest absolute Gasteiger partial charge is 0.508 e. The van der Waals surface area contributed by atoms with E-state index in [1.807, 2.05) is 36.4 Å². The third kappa shape index (κ3) is 3.81. The number of fused-ring (bicyclic) bond motifs is 2. The molecule has 0 atom stereocenters. The van der Waals surface area contributed by atoms with Crippen LogP contribution in [0, 0.1) is 0 Å². The van der Waals surface area contributed by atoms with Gasteiger partial charge in [-0.15, -0.1) is 0 Å². The van der Waals surface area contributed by atoms with Crippen LogP contribution in [0.5, 0.6) is 34.5 Å². The summed E-state index contributed by atoms with van der Waals surface area (Å²) in [6.07, 6.45) is 3.12. The van der Waals surface area contributed by atoms with Crippen LogP contribution < -0.4 is 9.47 Å². The zero-order valence-corrected chi connectivity index (χ0v) is 19.5. The average molecular weight is 506 g/mol. The molecule has 8 nitrogen and oxygen atoms in total. The van der Waals surface area contributed by atoms with Crippen molar-refractivity contribution in [3.05, 3.63) is 107 Å². The Morgan fingerprint density at radius 2 is 1.13 bits per heavy atom. The molecule has 0 spiro atoms. The summed E-state index contributed by atoms with van der Waals surface area (Å²) >= 11 is 0. The second-order valence-electron chi connectivity index (χ2n) is 8.76. The van der Waals surface area contributed by atoms with E-state index in [0.29, 0.717) is 11.1 Å². The van der Waals surface area contributed by atoms with Gasteiger partial charge in [-0.1, -0.05) is 48.5 Å². The molecule has 4 N–H and O–H groups in total. The summed E-state index contributed by atoms with van der Waals surface area (Å²) in [7, 11) is 0. The number of Topliss-reactive ketones (excluding diaryl/α,β-unsaturated/α-hetero) is 2. The first kappa shape index (κ1) is 22.9. The minimum absolute atomic E-state index is 0.00159. The molecule has 38 heavy (non-hydrogen) atoms. The van der Waals surface area contributed by atoms with Gasteiger partial charge in [0.05, 0.1) is 0 Å². The molecular weight excluding hydrogens is 488 g/mol. The van der Waals surface area contributed by atoms with Crippen LogP contribution in [0.3, 0.4) is 0 Å². The standard InChI is InChI=1S/C30H18O8/c31-18-11-21(33)27-23(13-18)37-25(29(27)35)9-15-5-7-16(8-6-15)20-4-2-1-3-17(20)10-26-30(36)28-22(34)12-19(32)14-24(28)38-26/h1-14,31-34H/b25-9-,26-10-. The number of hydrogen-bond donors (Lipinski definition) is 4. The number of allylic oxidation sites excluding steroid dienone is 2. The summed E-state index contributed by atoms with van der Waals surface area (Å²) in [5, 5.41) is 39.4. The zero-order valence-electron chi connectivity index (χ0n) is 19.5. The van der Waals surface area contributed by atoms with E-state index in [4.69, 9.17) is 9.47 Å². The molecule has 2 aliphatic heterocycles. The summed E-state index contributed by atoms with van der Waals surface area (Å²) < 4.78 is 11.2. The van der Waals surface area contributed by atoms with E-state index >= 15 is 0 Å². The lowest BCUT2D eigenvalue weighted by Crippen LogP contribution is -1.99. The van der Waals surface area contributed by atoms with Crippen molar-refractivity contribution in [1.29, 1.82) is 0 Å². The lowest BCUT2D eigenvalue weighted by atomic mass is 9.97. The predicted octanol–water partition coefficient (Wildman–Crippen LogP) is 5.41. The number of ether oxygens (including phenoxy) is 2. The number of ketones is 2. The van der Waals surface area contributed by atoms with Crippen LogP contribution in [0.15, 0.2) is 84.3 Å². The summed E-state index contributed by atoms with van der Waals surface area (Å²) in [5.41, 5.74) is 3.00. The molecule has 0 radical (unpaired) electrons. The second kappa shape index (κ2) is 8.56. The Labute approximate surface area is 215 Å². The molecule has 0 unspecified atom stereocenters. The number of carbonyl (C=O) groups is 2. The van der Waals surface area contributed by atoms with Crippen LogP contribution in [0.1, 0.15) is 31.8 Å². The van der Waals surface area contributed by atoms with Gasteiger partial charge in [0.2, 0.25) is 11.6 Å². The molecule has 8 heteroatoms. The Kier molecular flexibility index (Phi) is 5.17. The smallest absolute Gasteiger partial charge is 0.235 e. The highest BCUT2D eigenvalue weighted by Crippen LogP contribution is 2.42. The van der Waals surface area contributed by atoms with Gasteiger partial charge >= 0.3 is 0 Å². The van der Waals surface area contributed by atoms with E-state index in [-0.39, 0.29) is 57.1 Å². The van der Waals surface area contributed by atoms with E-state index in [1.165, 1.54) is 12.1 Å². The van der Waals surface area contributed by atoms with Gasteiger partial charge in [0.15, 0.2) is 11.5 Å². The molecule has 0 bridgehead atoms. The van der Waals surface area contributed by atoms with Gasteiger partial charge in [0, 0.05) is 24.3 Å². The van der Waals surface area contributed by atoms with Gasteiger partial charge in [-0.05, 0) is 34.4 Å². The maximum absolute atomic E-state index is 12.8. The predicted molar refractivity (Wildman–Crippen MR) is 137 cm³/mol. The summed E-state index contributed by atoms with van der Waals surface area (Å²) in [6, 6.07) is 19.3. The molecule has 2 heterocycles. The fraction of sp³-hybridized carbons (Fsp3) is 0. The monoisotopic (exact) mass is 506 g/mol. The first-order valence-electron chi connectivity index (χ1n) is 11.5. The van der Waals surface area contributed by atoms with Crippen molar-refractivity contribution in [1.82, 2.24) is 0 Å². The fourth-order valence-electron chi connectivity index (χ4n) is 4.49. The molecule has 0 aliphatic carbocycles. The van der Waals surface area contributed by atoms with Crippen molar-refractivity contribution < 1.29 is 39.5 Å². The summed E-state index contributed by atoms with van der Waals surface area (Å²) in [6.45, 7) is 0. The molecule has 0 amide bonds. The van der Waals surface area contributed by atoms with Gasteiger partial charge in [0.1, 0.15) is 45.6 Å². The van der Waals surface area contributed by atoms with E-state index in [1.54, 1.807) is 24.3 Å². The molecule has 4 aromatic rings. The van der Waals surface area contributed by atoms with E-state index < -0.39 is 11.6 Å². The molecule has 4 aromatic carbocycles. The first-order chi connectivity index (χ1) is 18.3. The Bertz CT molecular complexity index is 1730. The summed E-state index contributed by atoms with van der Waals surface area (Å²) in [5.74, 6) is -1.90. The molecule has 0 fully saturated rings. The highest BCUT2D eigenvalue weighted by Gasteiger charge is 2.32. The lowest BCUT2D eigenvalue weighted by Gasteiger charge is -2.08. The molecule has 2 aliphatic rings. The quantitative estimate of drug-likeness (QED) is 0.271. The Hall–Kier alpha value is -5.50. The first-order valence-corrected chi connectivity index (χ1v) is 11.5. The highest BCUT2D eigenvalue weighted by atomic mass is 16.5. The molecule has 0 saturated carbocycles. The number of aromatic hydroxyl groups is 4. The topological polar surface area (TPSA) is 134 Å². The zero-order chi connectivity index (χ0) is 26.6. The molecule has 186 valence electrons. The van der Waals surface area contributed by atoms with Crippen molar-refractivity contribution in [2.75, 3.05) is 0 Å². The number of phenolic OH excluding ortho intramolecular Hbond substituents is 4. The Balaban J connectivity index is 1.29. The van der Waals surface area contributed by atoms with Crippen molar-refractivity contribution in [2.45, 2.75) is 0 Å². The van der Waals surface area contributed by atoms with Crippen LogP contribution >= 0.6 is 0 Å². The number of rotatable bonds is 3. The van der Waals surface area contributed by atoms with Crippen molar-refractivity contribution in [3.63, 3.8) is 0 Å². The van der Waals surface area contributed by atoms with Crippen LogP contribution in [-0.4, -0.2) is 32.0 Å². The minimum atomic E-state index is -0.490. The van der Waals surface area contributed by atoms with E-state index in [9.17, 15) is 30.0 Å². The van der Waals surface area contributed by atoms with Crippen molar-refractivity contribution >= 4 is 23.7 Å². The molecular formula is C30H18O8. The highest BCUT2D eigenvalue weighted by molar-refractivity contribution is 6.17. The van der Waals surface area contributed by atoms with Gasteiger partial charge < -0.3 is 29.9 Å². The molecule has 0 aromatic heterocycles. The van der Waals surface area contributed by atoms with E-state index in [2.05, 4.69) is 0 Å². The van der Waals surface area contributed by atoms with Gasteiger partial charge in [-0.3, -0.25) is 9.59 Å². The van der Waals surface area contributed by atoms with Crippen molar-refractivity contribution in [2.24, 2.45) is 0 Å². The normalized spacial score (nSPS) is 15.9. The fourth-order valence-corrected chi connectivity index (χ4v) is 4.49. The Morgan fingerprint density at radius 1 is 0.605 bits per heavy atom. The average Bonchev–Trinajstić information content (AvgIpc) is 3.35. The van der Waals surface area contributed by atoms with E-state index in [0.717, 1.165) is 23.3 Å². The van der Waals surface area contributed by atoms with Crippen LogP contribution in [0.4, 0.5) is 0 Å². The van der Waals surface area contributed by atoms with Crippen LogP contribution in [0.25, 0.3) is 23.3 Å². The third-order valence-electron chi connectivity index (χ3n) is 6.24. The number of phenols is 4. The molecule has 0 saturated heterocycles. The Morgan fingerprint density at radius 3 is 1.71 bits per heavy atom. The van der Waals surface area contributed by atoms with Gasteiger partial charge in [-0.25, -0.2) is 0 Å². The SMILES string of the molecule is O=C1/C(=C/c2ccc(-c3ccccc3/C=C3\Oc4cc(O)cc(O)c4C3=O)cc2)Oc2cc(O)cc(O)c21. The second-order valence-corrected chi connectivity index (χ2v) is 8.76. The van der Waals surface area contributed by atoms with Gasteiger partial charge in [-0.2, -0.15) is 0 Å². The lowest BCUT2D eigenvalue weighted by molar-refractivity contribution is 0.100.